The first kappa shape index (κ1) is 28.0. The number of hydrogen-bond acceptors (Lipinski definition) is 6. The van der Waals surface area contributed by atoms with E-state index in [-0.39, 0.29) is 11.4 Å². The molecule has 0 heterocycles. The smallest absolute Gasteiger partial charge is 0.497 e. The van der Waals surface area contributed by atoms with Crippen LogP contribution in [0.25, 0.3) is 11.1 Å². The molecule has 6 heteroatoms. The zero-order valence-electron chi connectivity index (χ0n) is 23.9. The number of hydrogen-bond donors (Lipinski definition) is 0. The van der Waals surface area contributed by atoms with E-state index < -0.39 is 6.16 Å². The maximum absolute atomic E-state index is 12.6. The number of carbonyl (C=O) groups excluding carboxylic acids is 2. The predicted octanol–water partition coefficient (Wildman–Crippen LogP) is 8.34. The van der Waals surface area contributed by atoms with E-state index in [9.17, 15) is 9.59 Å². The van der Waals surface area contributed by atoms with Gasteiger partial charge in [-0.1, -0.05) is 61.4 Å². The number of benzene rings is 4. The first-order valence-electron chi connectivity index (χ1n) is 13.8. The molecule has 0 aliphatic heterocycles. The van der Waals surface area contributed by atoms with E-state index in [4.69, 9.17) is 18.9 Å². The van der Waals surface area contributed by atoms with Crippen LogP contribution >= 0.6 is 0 Å². The number of methoxy groups -OCH3 is 1. The van der Waals surface area contributed by atoms with E-state index in [2.05, 4.69) is 18.2 Å². The topological polar surface area (TPSA) is 71.1 Å². The van der Waals surface area contributed by atoms with Crippen LogP contribution < -0.4 is 18.9 Å². The molecular formula is C35H34O6. The molecule has 1 saturated carbocycles. The zero-order valence-corrected chi connectivity index (χ0v) is 23.9. The van der Waals surface area contributed by atoms with Crippen molar-refractivity contribution in [3.05, 3.63) is 107 Å². The van der Waals surface area contributed by atoms with Crippen LogP contribution in [0.4, 0.5) is 4.79 Å². The van der Waals surface area contributed by atoms with Crippen LogP contribution in [0.3, 0.4) is 0 Å². The SMILES string of the molecule is COc1ccc(-c2ccc(OC(=O)Oc3ccc(C4(c5ccc(OC(C)=O)c(C)c5)CCCC4)cc3C)cc2)cc1. The quantitative estimate of drug-likeness (QED) is 0.131. The van der Waals surface area contributed by atoms with Crippen LogP contribution in [0.5, 0.6) is 23.0 Å². The number of ether oxygens (including phenoxy) is 4. The van der Waals surface area contributed by atoms with Crippen LogP contribution in [-0.4, -0.2) is 19.2 Å². The Labute approximate surface area is 240 Å². The summed E-state index contributed by atoms with van der Waals surface area (Å²) in [4.78, 5) is 24.1. The summed E-state index contributed by atoms with van der Waals surface area (Å²) in [7, 11) is 1.64. The van der Waals surface area contributed by atoms with Crippen molar-refractivity contribution < 1.29 is 28.5 Å². The minimum atomic E-state index is -0.787. The third-order valence-electron chi connectivity index (χ3n) is 7.84. The Morgan fingerprint density at radius 1 is 0.634 bits per heavy atom. The molecule has 0 N–H and O–H groups in total. The molecule has 0 aromatic heterocycles. The number of aryl methyl sites for hydroxylation is 2. The highest BCUT2D eigenvalue weighted by molar-refractivity contribution is 5.70. The maximum Gasteiger partial charge on any atom is 0.519 e. The van der Waals surface area contributed by atoms with Crippen molar-refractivity contribution in [1.82, 2.24) is 0 Å². The molecule has 1 aliphatic rings. The second-order valence-corrected chi connectivity index (χ2v) is 10.6. The van der Waals surface area contributed by atoms with E-state index in [1.165, 1.54) is 18.1 Å². The Kier molecular flexibility index (Phi) is 8.11. The Balaban J connectivity index is 1.29. The maximum atomic E-state index is 12.6. The lowest BCUT2D eigenvalue weighted by Crippen LogP contribution is -2.24. The summed E-state index contributed by atoms with van der Waals surface area (Å²) in [6.07, 6.45) is 3.52. The Morgan fingerprint density at radius 3 is 1.59 bits per heavy atom. The zero-order chi connectivity index (χ0) is 29.0. The molecule has 6 nitrogen and oxygen atoms in total. The minimum absolute atomic E-state index is 0.144. The second-order valence-electron chi connectivity index (χ2n) is 10.6. The molecule has 4 aromatic carbocycles. The van der Waals surface area contributed by atoms with E-state index >= 15 is 0 Å². The summed E-state index contributed by atoms with van der Waals surface area (Å²) in [5.74, 6) is 1.92. The van der Waals surface area contributed by atoms with Crippen LogP contribution in [0.2, 0.25) is 0 Å². The Bertz CT molecular complexity index is 1550. The summed E-state index contributed by atoms with van der Waals surface area (Å²) in [6.45, 7) is 5.31. The van der Waals surface area contributed by atoms with Crippen molar-refractivity contribution in [1.29, 1.82) is 0 Å². The van der Waals surface area contributed by atoms with Crippen molar-refractivity contribution in [3.63, 3.8) is 0 Å². The summed E-state index contributed by atoms with van der Waals surface area (Å²) < 4.78 is 21.6. The van der Waals surface area contributed by atoms with Crippen LogP contribution in [0.1, 0.15) is 54.9 Å². The predicted molar refractivity (Wildman–Crippen MR) is 158 cm³/mol. The van der Waals surface area contributed by atoms with Crippen molar-refractivity contribution >= 4 is 12.1 Å². The Hall–Kier alpha value is -4.58. The monoisotopic (exact) mass is 550 g/mol. The molecule has 1 fully saturated rings. The fraction of sp³-hybridized carbons (Fsp3) is 0.257. The number of carbonyl (C=O) groups is 2. The average molecular weight is 551 g/mol. The molecular weight excluding hydrogens is 516 g/mol. The third-order valence-corrected chi connectivity index (χ3v) is 7.84. The normalized spacial score (nSPS) is 13.9. The molecule has 0 unspecified atom stereocenters. The molecule has 0 radical (unpaired) electrons. The lowest BCUT2D eigenvalue weighted by atomic mass is 9.72. The van der Waals surface area contributed by atoms with E-state index in [0.29, 0.717) is 17.2 Å². The minimum Gasteiger partial charge on any atom is -0.497 e. The van der Waals surface area contributed by atoms with Gasteiger partial charge in [0.05, 0.1) is 7.11 Å². The lowest BCUT2D eigenvalue weighted by Gasteiger charge is -2.31. The third kappa shape index (κ3) is 6.12. The fourth-order valence-electron chi connectivity index (χ4n) is 5.71. The molecule has 4 aromatic rings. The highest BCUT2D eigenvalue weighted by Gasteiger charge is 2.38. The van der Waals surface area contributed by atoms with E-state index in [1.54, 1.807) is 19.2 Å². The molecule has 41 heavy (non-hydrogen) atoms. The summed E-state index contributed by atoms with van der Waals surface area (Å²) >= 11 is 0. The van der Waals surface area contributed by atoms with Crippen molar-refractivity contribution in [2.75, 3.05) is 7.11 Å². The van der Waals surface area contributed by atoms with Gasteiger partial charge in [0.2, 0.25) is 0 Å². The number of esters is 1. The summed E-state index contributed by atoms with van der Waals surface area (Å²) in [5, 5.41) is 0. The van der Waals surface area contributed by atoms with Gasteiger partial charge in [0.25, 0.3) is 0 Å². The molecule has 0 bridgehead atoms. The first-order valence-corrected chi connectivity index (χ1v) is 13.8. The van der Waals surface area contributed by atoms with Gasteiger partial charge in [-0.2, -0.15) is 0 Å². The molecule has 1 aliphatic carbocycles. The van der Waals surface area contributed by atoms with Gasteiger partial charge in [-0.05, 0) is 96.5 Å². The fourth-order valence-corrected chi connectivity index (χ4v) is 5.71. The van der Waals surface area contributed by atoms with E-state index in [1.807, 2.05) is 68.4 Å². The van der Waals surface area contributed by atoms with Gasteiger partial charge >= 0.3 is 12.1 Å². The molecule has 0 amide bonds. The van der Waals surface area contributed by atoms with Gasteiger partial charge in [-0.3, -0.25) is 4.79 Å². The summed E-state index contributed by atoms with van der Waals surface area (Å²) in [6, 6.07) is 27.1. The van der Waals surface area contributed by atoms with Gasteiger partial charge < -0.3 is 18.9 Å². The average Bonchev–Trinajstić information content (AvgIpc) is 3.47. The van der Waals surface area contributed by atoms with Crippen molar-refractivity contribution in [3.8, 4) is 34.1 Å². The van der Waals surface area contributed by atoms with Gasteiger partial charge in [0.15, 0.2) is 0 Å². The van der Waals surface area contributed by atoms with Gasteiger partial charge in [0.1, 0.15) is 23.0 Å². The van der Waals surface area contributed by atoms with Crippen molar-refractivity contribution in [2.45, 2.75) is 51.9 Å². The Morgan fingerprint density at radius 2 is 1.12 bits per heavy atom. The van der Waals surface area contributed by atoms with Gasteiger partial charge in [0, 0.05) is 12.3 Å². The van der Waals surface area contributed by atoms with E-state index in [0.717, 1.165) is 53.7 Å². The van der Waals surface area contributed by atoms with Gasteiger partial charge in [-0.15, -0.1) is 0 Å². The highest BCUT2D eigenvalue weighted by atomic mass is 16.7. The second kappa shape index (κ2) is 11.9. The molecule has 0 spiro atoms. The molecule has 210 valence electrons. The molecule has 5 rings (SSSR count). The largest absolute Gasteiger partial charge is 0.519 e. The lowest BCUT2D eigenvalue weighted by molar-refractivity contribution is -0.131. The van der Waals surface area contributed by atoms with Crippen LogP contribution in [-0.2, 0) is 10.2 Å². The standard InChI is InChI=1S/C35H34O6/c1-23-21-28(11-17-32(23)39-25(3)36)35(19-5-6-20-35)29-12-18-33(24(2)22-29)41-34(37)40-31-15-9-27(10-16-31)26-7-13-30(38-4)14-8-26/h7-18,21-22H,5-6,19-20H2,1-4H3. The van der Waals surface area contributed by atoms with Crippen LogP contribution in [0, 0.1) is 13.8 Å². The number of rotatable bonds is 7. The summed E-state index contributed by atoms with van der Waals surface area (Å²) in [5.41, 5.74) is 6.06. The van der Waals surface area contributed by atoms with Crippen molar-refractivity contribution in [2.24, 2.45) is 0 Å². The van der Waals surface area contributed by atoms with Crippen LogP contribution in [0.15, 0.2) is 84.9 Å². The first-order chi connectivity index (χ1) is 19.8. The van der Waals surface area contributed by atoms with Gasteiger partial charge in [-0.25, -0.2) is 4.79 Å². The molecule has 0 saturated heterocycles. The highest BCUT2D eigenvalue weighted by Crippen LogP contribution is 2.48. The molecule has 0 atom stereocenters.